The molecule has 1 amide bonds. The summed E-state index contributed by atoms with van der Waals surface area (Å²) in [5, 5.41) is 19.7. The van der Waals surface area contributed by atoms with Crippen LogP contribution in [-0.4, -0.2) is 35.7 Å². The topological polar surface area (TPSA) is 104 Å². The molecule has 0 fully saturated rings. The van der Waals surface area contributed by atoms with E-state index in [0.717, 1.165) is 35.0 Å². The van der Waals surface area contributed by atoms with E-state index in [1.165, 1.54) is 0 Å². The summed E-state index contributed by atoms with van der Waals surface area (Å²) < 4.78 is 9.21. The highest BCUT2D eigenvalue weighted by Gasteiger charge is 2.16. The van der Waals surface area contributed by atoms with Gasteiger partial charge in [0.2, 0.25) is 11.8 Å². The number of hydrogen-bond acceptors (Lipinski definition) is 6. The van der Waals surface area contributed by atoms with Crippen LogP contribution in [-0.2, 0) is 24.8 Å². The van der Waals surface area contributed by atoms with Crippen molar-refractivity contribution in [3.63, 3.8) is 0 Å². The molecule has 0 spiro atoms. The first-order valence-electron chi connectivity index (χ1n) is 8.56. The van der Waals surface area contributed by atoms with Crippen molar-refractivity contribution in [2.45, 2.75) is 47.1 Å². The van der Waals surface area contributed by atoms with Gasteiger partial charge in [0, 0.05) is 26.4 Å². The van der Waals surface area contributed by atoms with Gasteiger partial charge in [0.05, 0.1) is 22.8 Å². The second kappa shape index (κ2) is 7.11. The molecule has 0 aromatic carbocycles. The van der Waals surface area contributed by atoms with Crippen LogP contribution >= 0.6 is 0 Å². The molecule has 0 atom stereocenters. The van der Waals surface area contributed by atoms with Gasteiger partial charge >= 0.3 is 0 Å². The normalized spacial score (nSPS) is 11.1. The van der Waals surface area contributed by atoms with Gasteiger partial charge in [-0.1, -0.05) is 0 Å². The van der Waals surface area contributed by atoms with Crippen molar-refractivity contribution in [1.29, 1.82) is 0 Å². The van der Waals surface area contributed by atoms with Crippen molar-refractivity contribution >= 4 is 11.6 Å². The Morgan fingerprint density at radius 2 is 2.00 bits per heavy atom. The molecule has 0 saturated carbocycles. The van der Waals surface area contributed by atoms with Gasteiger partial charge in [-0.2, -0.15) is 10.2 Å². The first kappa shape index (κ1) is 17.8. The summed E-state index contributed by atoms with van der Waals surface area (Å²) in [6, 6.07) is 1.88. The fraction of sp³-hybridized carbons (Fsp3) is 0.471. The first-order valence-corrected chi connectivity index (χ1v) is 8.56. The number of nitrogens with one attached hydrogen (secondary N) is 1. The number of carbonyl (C=O) groups excluding carboxylic acids is 1. The number of amides is 1. The molecule has 3 aromatic rings. The molecule has 3 rings (SSSR count). The largest absolute Gasteiger partial charge is 0.419 e. The monoisotopic (exact) mass is 357 g/mol. The SMILES string of the molecule is CCn1nc(C)c(NC(=O)CCc2nnc(-c3cc(C)nn3C)o2)c1C. The Kier molecular flexibility index (Phi) is 4.88. The molecule has 0 saturated heterocycles. The molecule has 0 radical (unpaired) electrons. The minimum Gasteiger partial charge on any atom is -0.419 e. The number of nitrogens with zero attached hydrogens (tertiary/aromatic N) is 6. The quantitative estimate of drug-likeness (QED) is 0.725. The average Bonchev–Trinajstić information content (AvgIpc) is 3.26. The van der Waals surface area contributed by atoms with Crippen molar-refractivity contribution < 1.29 is 9.21 Å². The van der Waals surface area contributed by atoms with Crippen LogP contribution in [0.3, 0.4) is 0 Å². The molecule has 0 unspecified atom stereocenters. The van der Waals surface area contributed by atoms with E-state index in [-0.39, 0.29) is 12.3 Å². The standard InChI is InChI=1S/C17H23N7O2/c1-6-24-12(4)16(11(3)22-24)18-14(25)7-8-15-19-20-17(26-15)13-9-10(2)21-23(13)5/h9H,6-8H2,1-5H3,(H,18,25). The molecular weight excluding hydrogens is 334 g/mol. The summed E-state index contributed by atoms with van der Waals surface area (Å²) in [4.78, 5) is 12.3. The van der Waals surface area contributed by atoms with Gasteiger partial charge < -0.3 is 9.73 Å². The Balaban J connectivity index is 1.62. The molecular formula is C17H23N7O2. The van der Waals surface area contributed by atoms with Gasteiger partial charge in [-0.25, -0.2) is 0 Å². The lowest BCUT2D eigenvalue weighted by Crippen LogP contribution is -2.13. The van der Waals surface area contributed by atoms with Crippen molar-refractivity contribution in [2.75, 3.05) is 5.32 Å². The lowest BCUT2D eigenvalue weighted by Gasteiger charge is -2.05. The second-order valence-corrected chi connectivity index (χ2v) is 6.21. The molecule has 0 bridgehead atoms. The van der Waals surface area contributed by atoms with Crippen LogP contribution in [0, 0.1) is 20.8 Å². The predicted molar refractivity (Wildman–Crippen MR) is 95.6 cm³/mol. The third-order valence-corrected chi connectivity index (χ3v) is 4.20. The van der Waals surface area contributed by atoms with Gasteiger partial charge in [-0.3, -0.25) is 14.2 Å². The fourth-order valence-electron chi connectivity index (χ4n) is 2.88. The van der Waals surface area contributed by atoms with Crippen LogP contribution in [0.1, 0.15) is 36.3 Å². The van der Waals surface area contributed by atoms with Crippen molar-refractivity contribution in [3.05, 3.63) is 29.0 Å². The van der Waals surface area contributed by atoms with Crippen LogP contribution in [0.5, 0.6) is 0 Å². The van der Waals surface area contributed by atoms with Gasteiger partial charge in [0.15, 0.2) is 0 Å². The Labute approximate surface area is 151 Å². The van der Waals surface area contributed by atoms with Crippen molar-refractivity contribution in [3.8, 4) is 11.6 Å². The molecule has 0 aliphatic carbocycles. The summed E-state index contributed by atoms with van der Waals surface area (Å²) in [7, 11) is 1.82. The van der Waals surface area contributed by atoms with Crippen molar-refractivity contribution in [2.24, 2.45) is 7.05 Å². The molecule has 3 heterocycles. The van der Waals surface area contributed by atoms with Gasteiger partial charge in [0.1, 0.15) is 5.69 Å². The zero-order chi connectivity index (χ0) is 18.8. The van der Waals surface area contributed by atoms with Gasteiger partial charge in [0.25, 0.3) is 5.89 Å². The molecule has 9 heteroatoms. The summed E-state index contributed by atoms with van der Waals surface area (Å²) in [6.45, 7) is 8.51. The summed E-state index contributed by atoms with van der Waals surface area (Å²) in [5.74, 6) is 0.717. The highest BCUT2D eigenvalue weighted by Crippen LogP contribution is 2.21. The predicted octanol–water partition coefficient (Wildman–Crippen LogP) is 2.18. The zero-order valence-electron chi connectivity index (χ0n) is 15.7. The number of hydrogen-bond donors (Lipinski definition) is 1. The fourth-order valence-corrected chi connectivity index (χ4v) is 2.88. The van der Waals surface area contributed by atoms with E-state index >= 15 is 0 Å². The lowest BCUT2D eigenvalue weighted by molar-refractivity contribution is -0.116. The van der Waals surface area contributed by atoms with Crippen LogP contribution < -0.4 is 5.32 Å². The Bertz CT molecular complexity index is 935. The number of carbonyl (C=O) groups is 1. The van der Waals surface area contributed by atoms with E-state index in [1.54, 1.807) is 4.68 Å². The maximum absolute atomic E-state index is 12.3. The van der Waals surface area contributed by atoms with Crippen LogP contribution in [0.4, 0.5) is 5.69 Å². The van der Waals surface area contributed by atoms with E-state index in [9.17, 15) is 4.79 Å². The number of anilines is 1. The molecule has 0 aliphatic rings. The maximum Gasteiger partial charge on any atom is 0.265 e. The van der Waals surface area contributed by atoms with Crippen LogP contribution in [0.2, 0.25) is 0 Å². The zero-order valence-corrected chi connectivity index (χ0v) is 15.7. The maximum atomic E-state index is 12.3. The van der Waals surface area contributed by atoms with E-state index < -0.39 is 0 Å². The van der Waals surface area contributed by atoms with Gasteiger partial charge in [-0.15, -0.1) is 10.2 Å². The molecule has 26 heavy (non-hydrogen) atoms. The highest BCUT2D eigenvalue weighted by molar-refractivity contribution is 5.91. The first-order chi connectivity index (χ1) is 12.4. The molecule has 9 nitrogen and oxygen atoms in total. The summed E-state index contributed by atoms with van der Waals surface area (Å²) in [5.41, 5.74) is 4.16. The summed E-state index contributed by atoms with van der Waals surface area (Å²) >= 11 is 0. The number of aryl methyl sites for hydroxylation is 5. The van der Waals surface area contributed by atoms with Crippen molar-refractivity contribution in [1.82, 2.24) is 29.8 Å². The minimum atomic E-state index is -0.108. The van der Waals surface area contributed by atoms with Gasteiger partial charge in [-0.05, 0) is 33.8 Å². The third-order valence-electron chi connectivity index (χ3n) is 4.20. The lowest BCUT2D eigenvalue weighted by atomic mass is 10.2. The Morgan fingerprint density at radius 3 is 2.62 bits per heavy atom. The number of rotatable bonds is 6. The van der Waals surface area contributed by atoms with Crippen LogP contribution in [0.25, 0.3) is 11.6 Å². The molecule has 1 N–H and O–H groups in total. The van der Waals surface area contributed by atoms with E-state index in [0.29, 0.717) is 18.2 Å². The molecule has 0 aliphatic heterocycles. The molecule has 3 aromatic heterocycles. The van der Waals surface area contributed by atoms with E-state index in [4.69, 9.17) is 4.42 Å². The highest BCUT2D eigenvalue weighted by atomic mass is 16.4. The Hall–Kier alpha value is -2.97. The Morgan fingerprint density at radius 1 is 1.23 bits per heavy atom. The number of aromatic nitrogens is 6. The third kappa shape index (κ3) is 3.51. The molecule has 138 valence electrons. The van der Waals surface area contributed by atoms with Crippen LogP contribution in [0.15, 0.2) is 10.5 Å². The summed E-state index contributed by atoms with van der Waals surface area (Å²) in [6.07, 6.45) is 0.623. The minimum absolute atomic E-state index is 0.108. The van der Waals surface area contributed by atoms with E-state index in [2.05, 4.69) is 25.7 Å². The average molecular weight is 357 g/mol. The van der Waals surface area contributed by atoms with E-state index in [1.807, 2.05) is 45.5 Å². The smallest absolute Gasteiger partial charge is 0.265 e. The second-order valence-electron chi connectivity index (χ2n) is 6.21.